The Morgan fingerprint density at radius 2 is 1.74 bits per heavy atom. The Morgan fingerprint density at radius 1 is 1.02 bits per heavy atom. The number of aryl methyl sites for hydroxylation is 1. The minimum atomic E-state index is -4.14. The number of carbonyl (C=O) groups excluding carboxylic acids is 1. The van der Waals surface area contributed by atoms with Gasteiger partial charge < -0.3 is 9.47 Å². The van der Waals surface area contributed by atoms with Crippen LogP contribution in [-0.4, -0.2) is 72.0 Å². The van der Waals surface area contributed by atoms with Gasteiger partial charge in [0.1, 0.15) is 16.5 Å². The van der Waals surface area contributed by atoms with Crippen molar-refractivity contribution in [2.24, 2.45) is 0 Å². The van der Waals surface area contributed by atoms with Gasteiger partial charge in [-0.3, -0.25) is 14.5 Å². The number of likely N-dealkylation sites (tertiary alicyclic amines) is 1. The SMILES string of the molecule is CCONS(=O)(=O)c1ccc(Cl)c(C(=O)N2CCC(CCN3[C@@H]4CC[C@H]3C[C@@H](n3c(C)nc5ccccc53)C4)(c3cccc(F)c3)CC2)c1Cl. The minimum absolute atomic E-state index is 0.0636. The molecule has 3 aliphatic heterocycles. The fraction of sp³-hybridized carbons (Fsp3) is 0.459. The van der Waals surface area contributed by atoms with Crippen LogP contribution in [0, 0.1) is 12.7 Å². The lowest BCUT2D eigenvalue weighted by Crippen LogP contribution is -2.49. The van der Waals surface area contributed by atoms with Gasteiger partial charge in [-0.1, -0.05) is 52.4 Å². The molecule has 1 aromatic heterocycles. The van der Waals surface area contributed by atoms with Gasteiger partial charge >= 0.3 is 0 Å². The number of imidazole rings is 1. The second kappa shape index (κ2) is 14.2. The molecular formula is C37H42Cl2FN5O4S. The van der Waals surface area contributed by atoms with Crippen molar-refractivity contribution in [3.8, 4) is 0 Å². The summed E-state index contributed by atoms with van der Waals surface area (Å²) in [5, 5.41) is -0.190. The summed E-state index contributed by atoms with van der Waals surface area (Å²) in [6, 6.07) is 19.2. The summed E-state index contributed by atoms with van der Waals surface area (Å²) in [5.74, 6) is 0.346. The molecule has 3 atom stereocenters. The van der Waals surface area contributed by atoms with Crippen LogP contribution in [0.15, 0.2) is 65.6 Å². The van der Waals surface area contributed by atoms with Crippen LogP contribution in [0.5, 0.6) is 0 Å². The molecule has 2 bridgehead atoms. The molecular weight excluding hydrogens is 700 g/mol. The fourth-order valence-electron chi connectivity index (χ4n) is 8.71. The van der Waals surface area contributed by atoms with E-state index >= 15 is 0 Å². The number of aromatic nitrogens is 2. The van der Waals surface area contributed by atoms with Crippen LogP contribution in [0.4, 0.5) is 4.39 Å². The van der Waals surface area contributed by atoms with Gasteiger partial charge in [-0.05, 0) is 113 Å². The van der Waals surface area contributed by atoms with Crippen molar-refractivity contribution in [3.63, 3.8) is 0 Å². The van der Waals surface area contributed by atoms with E-state index < -0.39 is 15.9 Å². The van der Waals surface area contributed by atoms with Gasteiger partial charge in [0.15, 0.2) is 0 Å². The molecule has 4 aromatic rings. The largest absolute Gasteiger partial charge is 0.338 e. The number of nitrogens with one attached hydrogen (secondary N) is 1. The molecule has 0 saturated carbocycles. The Balaban J connectivity index is 1.08. The lowest BCUT2D eigenvalue weighted by Gasteiger charge is -2.45. The molecule has 3 saturated heterocycles. The summed E-state index contributed by atoms with van der Waals surface area (Å²) in [6.45, 7) is 5.52. The van der Waals surface area contributed by atoms with E-state index in [2.05, 4.69) is 34.6 Å². The van der Waals surface area contributed by atoms with Crippen LogP contribution < -0.4 is 4.89 Å². The summed E-state index contributed by atoms with van der Waals surface area (Å²) < 4.78 is 42.8. The highest BCUT2D eigenvalue weighted by molar-refractivity contribution is 7.89. The van der Waals surface area contributed by atoms with Crippen LogP contribution in [-0.2, 0) is 20.3 Å². The maximum atomic E-state index is 14.7. The smallest absolute Gasteiger partial charge is 0.263 e. The summed E-state index contributed by atoms with van der Waals surface area (Å²) >= 11 is 13.0. The number of nitrogens with zero attached hydrogens (tertiary/aromatic N) is 4. The molecule has 0 spiro atoms. The first kappa shape index (κ1) is 35.3. The molecule has 3 aliphatic rings. The molecule has 0 radical (unpaired) electrons. The summed E-state index contributed by atoms with van der Waals surface area (Å²) in [4.78, 5) is 29.7. The van der Waals surface area contributed by atoms with Gasteiger partial charge in [0.25, 0.3) is 15.9 Å². The zero-order valence-corrected chi connectivity index (χ0v) is 30.6. The van der Waals surface area contributed by atoms with Gasteiger partial charge in [-0.25, -0.2) is 17.8 Å². The minimum Gasteiger partial charge on any atom is -0.338 e. The van der Waals surface area contributed by atoms with Crippen molar-refractivity contribution in [1.29, 1.82) is 0 Å². The fourth-order valence-corrected chi connectivity index (χ4v) is 10.5. The molecule has 0 unspecified atom stereocenters. The third-order valence-corrected chi connectivity index (χ3v) is 13.2. The average Bonchev–Trinajstić information content (AvgIpc) is 3.56. The van der Waals surface area contributed by atoms with Gasteiger partial charge in [-0.15, -0.1) is 0 Å². The van der Waals surface area contributed by atoms with E-state index in [-0.39, 0.29) is 38.3 Å². The number of benzene rings is 3. The van der Waals surface area contributed by atoms with Crippen LogP contribution in [0.25, 0.3) is 11.0 Å². The average molecular weight is 743 g/mol. The summed E-state index contributed by atoms with van der Waals surface area (Å²) in [6.07, 6.45) is 6.55. The first-order chi connectivity index (χ1) is 24.0. The number of rotatable bonds is 10. The number of para-hydroxylation sites is 2. The maximum absolute atomic E-state index is 14.7. The molecule has 9 nitrogen and oxygen atoms in total. The van der Waals surface area contributed by atoms with Crippen molar-refractivity contribution in [1.82, 2.24) is 24.2 Å². The number of hydrogen-bond acceptors (Lipinski definition) is 6. The highest BCUT2D eigenvalue weighted by atomic mass is 35.5. The highest BCUT2D eigenvalue weighted by Crippen LogP contribution is 2.45. The standard InChI is InChI=1S/C37H42Cl2FN5O4S/c1-3-49-42-50(47,48)33-14-13-30(38)34(35(33)39)36(46)43-18-15-37(16-19-43,25-7-6-8-26(40)21-25)17-20-44-27-11-12-28(44)23-29(22-27)45-24(2)41-31-9-4-5-10-32(31)45/h4-10,13-14,21,27-29,42H,3,11-12,15-20,22-23H2,1-2H3/t27-,28+,29+. The van der Waals surface area contributed by atoms with Crippen molar-refractivity contribution in [2.45, 2.75) is 87.2 Å². The number of hydrogen-bond donors (Lipinski definition) is 1. The van der Waals surface area contributed by atoms with Gasteiger partial charge in [-0.2, -0.15) is 0 Å². The Labute approximate surface area is 302 Å². The first-order valence-electron chi connectivity index (χ1n) is 17.4. The van der Waals surface area contributed by atoms with Crippen molar-refractivity contribution >= 4 is 50.2 Å². The van der Waals surface area contributed by atoms with Crippen molar-refractivity contribution in [2.75, 3.05) is 26.2 Å². The predicted octanol–water partition coefficient (Wildman–Crippen LogP) is 7.45. The van der Waals surface area contributed by atoms with Crippen LogP contribution in [0.1, 0.15) is 79.7 Å². The third kappa shape index (κ3) is 6.57. The van der Waals surface area contributed by atoms with E-state index in [0.717, 1.165) is 42.7 Å². The van der Waals surface area contributed by atoms with Crippen LogP contribution in [0.2, 0.25) is 10.0 Å². The Kier molecular flexibility index (Phi) is 10.0. The lowest BCUT2D eigenvalue weighted by molar-refractivity contribution is 0.0606. The monoisotopic (exact) mass is 741 g/mol. The molecule has 266 valence electrons. The summed E-state index contributed by atoms with van der Waals surface area (Å²) in [7, 11) is -4.14. The summed E-state index contributed by atoms with van der Waals surface area (Å²) in [5.41, 5.74) is 2.78. The van der Waals surface area contributed by atoms with E-state index in [4.69, 9.17) is 33.0 Å². The number of fused-ring (bicyclic) bond motifs is 3. The maximum Gasteiger partial charge on any atom is 0.263 e. The molecule has 3 aromatic carbocycles. The molecule has 1 amide bonds. The highest BCUT2D eigenvalue weighted by Gasteiger charge is 2.44. The van der Waals surface area contributed by atoms with E-state index in [1.54, 1.807) is 24.0 Å². The van der Waals surface area contributed by atoms with Crippen molar-refractivity contribution in [3.05, 3.63) is 93.5 Å². The van der Waals surface area contributed by atoms with E-state index in [1.165, 1.54) is 36.6 Å². The molecule has 0 aliphatic carbocycles. The van der Waals surface area contributed by atoms with Gasteiger partial charge in [0.05, 0.1) is 33.2 Å². The van der Waals surface area contributed by atoms with E-state index in [1.807, 2.05) is 17.0 Å². The quantitative estimate of drug-likeness (QED) is 0.170. The molecule has 13 heteroatoms. The van der Waals surface area contributed by atoms with E-state index in [9.17, 15) is 17.6 Å². The Bertz CT molecular complexity index is 2000. The van der Waals surface area contributed by atoms with E-state index in [0.29, 0.717) is 44.1 Å². The molecule has 4 heterocycles. The zero-order chi connectivity index (χ0) is 35.2. The molecule has 1 N–H and O–H groups in total. The number of halogens is 3. The normalized spacial score (nSPS) is 22.3. The van der Waals surface area contributed by atoms with Gasteiger partial charge in [0, 0.05) is 31.2 Å². The third-order valence-electron chi connectivity index (χ3n) is 11.2. The second-order valence-corrected chi connectivity index (χ2v) is 16.3. The van der Waals surface area contributed by atoms with Gasteiger partial charge in [0.2, 0.25) is 0 Å². The zero-order valence-electron chi connectivity index (χ0n) is 28.2. The van der Waals surface area contributed by atoms with Crippen LogP contribution in [0.3, 0.4) is 0 Å². The molecule has 3 fully saturated rings. The molecule has 7 rings (SSSR count). The topological polar surface area (TPSA) is 96.8 Å². The Morgan fingerprint density at radius 3 is 2.44 bits per heavy atom. The van der Waals surface area contributed by atoms with Crippen molar-refractivity contribution < 1.29 is 22.4 Å². The first-order valence-corrected chi connectivity index (χ1v) is 19.6. The number of sulfonamides is 1. The number of amides is 1. The number of piperidine rings is 2. The number of carbonyl (C=O) groups is 1. The second-order valence-electron chi connectivity index (χ2n) is 13.9. The predicted molar refractivity (Wildman–Crippen MR) is 192 cm³/mol. The van der Waals surface area contributed by atoms with Crippen LogP contribution >= 0.6 is 23.2 Å². The Hall–Kier alpha value is -3.06. The molecule has 50 heavy (non-hydrogen) atoms. The lowest BCUT2D eigenvalue weighted by atomic mass is 9.70.